The summed E-state index contributed by atoms with van der Waals surface area (Å²) in [7, 11) is 0. The first-order valence-electron chi connectivity index (χ1n) is 6.99. The van der Waals surface area contributed by atoms with Crippen LogP contribution in [0.2, 0.25) is 0 Å². The molecule has 1 saturated carbocycles. The molecule has 0 aliphatic heterocycles. The van der Waals surface area contributed by atoms with Crippen LogP contribution in [0, 0.1) is 5.92 Å². The lowest BCUT2D eigenvalue weighted by Crippen LogP contribution is -2.37. The molecule has 0 unspecified atom stereocenters. The first kappa shape index (κ1) is 12.6. The van der Waals surface area contributed by atoms with Gasteiger partial charge in [-0.1, -0.05) is 57.0 Å². The summed E-state index contributed by atoms with van der Waals surface area (Å²) in [6, 6.07) is 11.1. The Morgan fingerprint density at radius 3 is 2.35 bits per heavy atom. The molecule has 0 bridgehead atoms. The van der Waals surface area contributed by atoms with Gasteiger partial charge in [0, 0.05) is 12.0 Å². The Labute approximate surface area is 106 Å². The summed E-state index contributed by atoms with van der Waals surface area (Å²) in [5.41, 5.74) is 1.95. The molecule has 0 radical (unpaired) electrons. The maximum atomic E-state index is 3.67. The highest BCUT2D eigenvalue weighted by Crippen LogP contribution is 2.40. The summed E-state index contributed by atoms with van der Waals surface area (Å²) >= 11 is 0. The van der Waals surface area contributed by atoms with Gasteiger partial charge in [0.05, 0.1) is 0 Å². The van der Waals surface area contributed by atoms with E-state index < -0.39 is 0 Å². The van der Waals surface area contributed by atoms with E-state index in [9.17, 15) is 0 Å². The fourth-order valence-corrected chi connectivity index (χ4v) is 3.01. The maximum Gasteiger partial charge on any atom is 0.00777 e. The van der Waals surface area contributed by atoms with Crippen molar-refractivity contribution in [3.63, 3.8) is 0 Å². The summed E-state index contributed by atoms with van der Waals surface area (Å²) in [5, 5.41) is 3.67. The summed E-state index contributed by atoms with van der Waals surface area (Å²) in [6.45, 7) is 6.83. The van der Waals surface area contributed by atoms with Crippen LogP contribution in [0.25, 0.3) is 0 Å². The molecule has 1 aliphatic carbocycles. The van der Waals surface area contributed by atoms with Crippen molar-refractivity contribution in [3.05, 3.63) is 35.9 Å². The Morgan fingerprint density at radius 1 is 1.12 bits per heavy atom. The fourth-order valence-electron chi connectivity index (χ4n) is 3.01. The Hall–Kier alpha value is -0.820. The van der Waals surface area contributed by atoms with E-state index in [1.165, 1.54) is 31.2 Å². The molecule has 1 nitrogen and oxygen atoms in total. The van der Waals surface area contributed by atoms with Crippen LogP contribution in [0.15, 0.2) is 30.3 Å². The molecule has 0 spiro atoms. The highest BCUT2D eigenvalue weighted by atomic mass is 14.9. The van der Waals surface area contributed by atoms with Crippen LogP contribution in [-0.4, -0.2) is 13.1 Å². The van der Waals surface area contributed by atoms with E-state index in [-0.39, 0.29) is 0 Å². The van der Waals surface area contributed by atoms with Gasteiger partial charge in [-0.15, -0.1) is 0 Å². The van der Waals surface area contributed by atoms with Gasteiger partial charge < -0.3 is 5.32 Å². The van der Waals surface area contributed by atoms with Gasteiger partial charge in [-0.25, -0.2) is 0 Å². The van der Waals surface area contributed by atoms with Crippen LogP contribution in [0.5, 0.6) is 0 Å². The Bertz CT molecular complexity index is 323. The lowest BCUT2D eigenvalue weighted by Gasteiger charge is -2.30. The Balaban J connectivity index is 2.05. The molecular formula is C16H25N. The van der Waals surface area contributed by atoms with Crippen molar-refractivity contribution in [2.45, 2.75) is 44.9 Å². The molecule has 1 aliphatic rings. The summed E-state index contributed by atoms with van der Waals surface area (Å²) in [6.07, 6.45) is 5.47. The Kier molecular flexibility index (Phi) is 4.22. The van der Waals surface area contributed by atoms with E-state index in [2.05, 4.69) is 49.5 Å². The third-order valence-electron chi connectivity index (χ3n) is 3.96. The predicted octanol–water partition coefficient (Wildman–Crippen LogP) is 3.74. The molecule has 17 heavy (non-hydrogen) atoms. The number of hydrogen-bond donors (Lipinski definition) is 1. The highest BCUT2D eigenvalue weighted by molar-refractivity contribution is 5.27. The average molecular weight is 231 g/mol. The zero-order valence-electron chi connectivity index (χ0n) is 11.2. The molecule has 94 valence electrons. The minimum atomic E-state index is 0.413. The molecule has 2 rings (SSSR count). The van der Waals surface area contributed by atoms with Gasteiger partial charge in [0.2, 0.25) is 0 Å². The summed E-state index contributed by atoms with van der Waals surface area (Å²) < 4.78 is 0. The number of benzene rings is 1. The molecule has 1 fully saturated rings. The molecule has 1 N–H and O–H groups in total. The van der Waals surface area contributed by atoms with Gasteiger partial charge in [-0.05, 0) is 30.9 Å². The lowest BCUT2D eigenvalue weighted by atomic mass is 9.79. The second kappa shape index (κ2) is 5.68. The minimum Gasteiger partial charge on any atom is -0.316 e. The average Bonchev–Trinajstić information content (AvgIpc) is 2.80. The van der Waals surface area contributed by atoms with Crippen molar-refractivity contribution in [3.8, 4) is 0 Å². The number of nitrogens with one attached hydrogen (secondary N) is 1. The topological polar surface area (TPSA) is 12.0 Å². The number of hydrogen-bond acceptors (Lipinski definition) is 1. The van der Waals surface area contributed by atoms with Crippen LogP contribution >= 0.6 is 0 Å². The van der Waals surface area contributed by atoms with Crippen molar-refractivity contribution in [1.82, 2.24) is 5.32 Å². The monoisotopic (exact) mass is 231 g/mol. The predicted molar refractivity (Wildman–Crippen MR) is 74.3 cm³/mol. The lowest BCUT2D eigenvalue weighted by molar-refractivity contribution is 0.391. The van der Waals surface area contributed by atoms with Gasteiger partial charge in [0.25, 0.3) is 0 Å². The molecule has 1 aromatic rings. The number of rotatable bonds is 5. The van der Waals surface area contributed by atoms with Crippen LogP contribution in [0.1, 0.15) is 45.1 Å². The maximum absolute atomic E-state index is 3.67. The van der Waals surface area contributed by atoms with Crippen LogP contribution in [0.4, 0.5) is 0 Å². The fraction of sp³-hybridized carbons (Fsp3) is 0.625. The molecule has 1 heteroatoms. The van der Waals surface area contributed by atoms with E-state index in [0.717, 1.165) is 19.0 Å². The van der Waals surface area contributed by atoms with Crippen molar-refractivity contribution in [2.24, 2.45) is 5.92 Å². The summed E-state index contributed by atoms with van der Waals surface area (Å²) in [4.78, 5) is 0. The highest BCUT2D eigenvalue weighted by Gasteiger charge is 2.34. The molecule has 0 aromatic heterocycles. The largest absolute Gasteiger partial charge is 0.316 e. The second-order valence-electron chi connectivity index (χ2n) is 5.88. The van der Waals surface area contributed by atoms with Crippen LogP contribution < -0.4 is 5.32 Å². The molecule has 0 heterocycles. The zero-order chi connectivity index (χ0) is 12.1. The normalized spacial score (nSPS) is 18.8. The van der Waals surface area contributed by atoms with Crippen molar-refractivity contribution in [1.29, 1.82) is 0 Å². The molecule has 1 aromatic carbocycles. The van der Waals surface area contributed by atoms with Crippen LogP contribution in [0.3, 0.4) is 0 Å². The smallest absolute Gasteiger partial charge is 0.00777 e. The van der Waals surface area contributed by atoms with Crippen molar-refractivity contribution in [2.75, 3.05) is 13.1 Å². The van der Waals surface area contributed by atoms with E-state index in [1.54, 1.807) is 0 Å². The zero-order valence-corrected chi connectivity index (χ0v) is 11.2. The van der Waals surface area contributed by atoms with Crippen LogP contribution in [-0.2, 0) is 5.41 Å². The second-order valence-corrected chi connectivity index (χ2v) is 5.88. The SMILES string of the molecule is CC(C)CNCC1(c2ccccc2)CCCC1. The van der Waals surface area contributed by atoms with E-state index in [1.807, 2.05) is 0 Å². The van der Waals surface area contributed by atoms with E-state index in [4.69, 9.17) is 0 Å². The van der Waals surface area contributed by atoms with Crippen molar-refractivity contribution < 1.29 is 0 Å². The first-order chi connectivity index (χ1) is 8.23. The molecule has 0 atom stereocenters. The standard InChI is InChI=1S/C16H25N/c1-14(2)12-17-13-16(10-6-7-11-16)15-8-4-3-5-9-15/h3-5,8-9,14,17H,6-7,10-13H2,1-2H3. The molecular weight excluding hydrogens is 206 g/mol. The van der Waals surface area contributed by atoms with E-state index in [0.29, 0.717) is 5.41 Å². The van der Waals surface area contributed by atoms with Crippen molar-refractivity contribution >= 4 is 0 Å². The molecule has 0 amide bonds. The van der Waals surface area contributed by atoms with Gasteiger partial charge in [-0.3, -0.25) is 0 Å². The minimum absolute atomic E-state index is 0.413. The van der Waals surface area contributed by atoms with Gasteiger partial charge >= 0.3 is 0 Å². The first-order valence-corrected chi connectivity index (χ1v) is 6.99. The third kappa shape index (κ3) is 3.10. The van der Waals surface area contributed by atoms with Gasteiger partial charge in [0.15, 0.2) is 0 Å². The van der Waals surface area contributed by atoms with Gasteiger partial charge in [0.1, 0.15) is 0 Å². The Morgan fingerprint density at radius 2 is 1.76 bits per heavy atom. The quantitative estimate of drug-likeness (QED) is 0.814. The van der Waals surface area contributed by atoms with Gasteiger partial charge in [-0.2, -0.15) is 0 Å². The summed E-state index contributed by atoms with van der Waals surface area (Å²) in [5.74, 6) is 0.740. The molecule has 0 saturated heterocycles. The third-order valence-corrected chi connectivity index (χ3v) is 3.96. The van der Waals surface area contributed by atoms with E-state index >= 15 is 0 Å².